The number of hydrogen-bond acceptors (Lipinski definition) is 6. The Balaban J connectivity index is 2.36. The zero-order valence-corrected chi connectivity index (χ0v) is 12.0. The van der Waals surface area contributed by atoms with E-state index < -0.39 is 4.92 Å². The number of nitrogen functional groups attached to an aromatic ring is 1. The van der Waals surface area contributed by atoms with E-state index in [4.69, 9.17) is 10.5 Å². The predicted octanol–water partition coefficient (Wildman–Crippen LogP) is 3.19. The van der Waals surface area contributed by atoms with Gasteiger partial charge >= 0.3 is 11.6 Å². The zero-order valence-electron chi connectivity index (χ0n) is 12.0. The van der Waals surface area contributed by atoms with Gasteiger partial charge in [-0.3, -0.25) is 10.1 Å². The van der Waals surface area contributed by atoms with Gasteiger partial charge in [0.2, 0.25) is 5.95 Å². The van der Waals surface area contributed by atoms with Crippen molar-refractivity contribution < 1.29 is 9.66 Å². The second-order valence-corrected chi connectivity index (χ2v) is 4.95. The molecule has 110 valence electrons. The predicted molar refractivity (Wildman–Crippen MR) is 78.4 cm³/mol. The van der Waals surface area contributed by atoms with Crippen LogP contribution in [0.3, 0.4) is 0 Å². The summed E-state index contributed by atoms with van der Waals surface area (Å²) in [5, 5.41) is 10.9. The van der Waals surface area contributed by atoms with E-state index in [-0.39, 0.29) is 17.5 Å². The quantitative estimate of drug-likeness (QED) is 0.684. The summed E-state index contributed by atoms with van der Waals surface area (Å²) < 4.78 is 5.49. The van der Waals surface area contributed by atoms with Gasteiger partial charge in [0.15, 0.2) is 0 Å². The summed E-state index contributed by atoms with van der Waals surface area (Å²) >= 11 is 0. The van der Waals surface area contributed by atoms with Crippen LogP contribution in [-0.4, -0.2) is 14.9 Å². The summed E-state index contributed by atoms with van der Waals surface area (Å²) in [6, 6.07) is 5.51. The molecule has 2 N–H and O–H groups in total. The minimum atomic E-state index is -0.607. The Labute approximate surface area is 121 Å². The minimum Gasteiger partial charge on any atom is -0.434 e. The van der Waals surface area contributed by atoms with Gasteiger partial charge in [-0.15, -0.1) is 0 Å². The third-order valence-electron chi connectivity index (χ3n) is 3.03. The number of hydrogen-bond donors (Lipinski definition) is 1. The molecule has 21 heavy (non-hydrogen) atoms. The van der Waals surface area contributed by atoms with Crippen LogP contribution in [0.2, 0.25) is 0 Å². The van der Waals surface area contributed by atoms with Gasteiger partial charge in [0, 0.05) is 0 Å². The highest BCUT2D eigenvalue weighted by molar-refractivity contribution is 5.45. The maximum Gasteiger partial charge on any atom is 0.349 e. The molecule has 0 radical (unpaired) electrons. The van der Waals surface area contributed by atoms with Crippen LogP contribution in [-0.2, 0) is 0 Å². The second kappa shape index (κ2) is 5.74. The average molecular weight is 288 g/mol. The van der Waals surface area contributed by atoms with Crippen LogP contribution in [0.1, 0.15) is 30.9 Å². The fourth-order valence-corrected chi connectivity index (χ4v) is 2.04. The average Bonchev–Trinajstić information content (AvgIpc) is 2.37. The van der Waals surface area contributed by atoms with Crippen LogP contribution >= 0.6 is 0 Å². The van der Waals surface area contributed by atoms with Crippen LogP contribution in [0, 0.1) is 17.0 Å². The number of ether oxygens (including phenoxy) is 1. The molecular formula is C14H16N4O3. The fourth-order valence-electron chi connectivity index (χ4n) is 2.04. The van der Waals surface area contributed by atoms with Crippen molar-refractivity contribution in [2.24, 2.45) is 0 Å². The molecule has 0 unspecified atom stereocenters. The molecule has 2 rings (SSSR count). The number of nitrogens with zero attached hydrogens (tertiary/aromatic N) is 3. The van der Waals surface area contributed by atoms with Crippen molar-refractivity contribution in [1.29, 1.82) is 0 Å². The topological polar surface area (TPSA) is 104 Å². The summed E-state index contributed by atoms with van der Waals surface area (Å²) in [4.78, 5) is 17.7. The first-order valence-electron chi connectivity index (χ1n) is 6.43. The van der Waals surface area contributed by atoms with E-state index in [1.54, 1.807) is 6.07 Å². The molecule has 0 saturated heterocycles. The number of anilines is 1. The highest BCUT2D eigenvalue weighted by Crippen LogP contribution is 2.31. The molecule has 1 aromatic heterocycles. The normalized spacial score (nSPS) is 10.7. The van der Waals surface area contributed by atoms with Gasteiger partial charge in [0.1, 0.15) is 11.9 Å². The molecule has 0 saturated carbocycles. The lowest BCUT2D eigenvalue weighted by Gasteiger charge is -2.11. The van der Waals surface area contributed by atoms with E-state index in [0.29, 0.717) is 11.7 Å². The molecule has 2 aromatic rings. The highest BCUT2D eigenvalue weighted by atomic mass is 16.6. The molecule has 0 bridgehead atoms. The van der Waals surface area contributed by atoms with E-state index >= 15 is 0 Å². The maximum atomic E-state index is 10.9. The molecule has 0 aliphatic rings. The van der Waals surface area contributed by atoms with Crippen molar-refractivity contribution in [3.8, 4) is 11.6 Å². The fraction of sp³-hybridized carbons (Fsp3) is 0.286. The molecule has 1 aromatic carbocycles. The highest BCUT2D eigenvalue weighted by Gasteiger charge is 2.19. The van der Waals surface area contributed by atoms with Gasteiger partial charge in [0.05, 0.1) is 4.92 Å². The number of aryl methyl sites for hydroxylation is 1. The lowest BCUT2D eigenvalue weighted by atomic mass is 9.98. The number of rotatable bonds is 4. The second-order valence-electron chi connectivity index (χ2n) is 4.95. The summed E-state index contributed by atoms with van der Waals surface area (Å²) in [5.74, 6) is 0.622. The molecule has 0 aliphatic carbocycles. The summed E-state index contributed by atoms with van der Waals surface area (Å²) in [6.45, 7) is 6.16. The molecule has 0 fully saturated rings. The molecule has 0 atom stereocenters. The third-order valence-corrected chi connectivity index (χ3v) is 3.03. The Morgan fingerprint density at radius 3 is 2.67 bits per heavy atom. The number of nitro groups is 1. The Morgan fingerprint density at radius 2 is 2.10 bits per heavy atom. The number of benzene rings is 1. The standard InChI is InChI=1S/C14H16N4O3/c1-8(2)11-5-4-10(6-9(11)3)21-13-12(18(19)20)7-16-14(15)17-13/h4-8H,1-3H3,(H2,15,16,17). The van der Waals surface area contributed by atoms with Crippen molar-refractivity contribution in [3.63, 3.8) is 0 Å². The van der Waals surface area contributed by atoms with E-state index in [0.717, 1.165) is 11.8 Å². The van der Waals surface area contributed by atoms with Crippen molar-refractivity contribution in [2.75, 3.05) is 5.73 Å². The Kier molecular flexibility index (Phi) is 4.02. The van der Waals surface area contributed by atoms with Crippen LogP contribution in [0.5, 0.6) is 11.6 Å². The van der Waals surface area contributed by atoms with Gasteiger partial charge < -0.3 is 10.5 Å². The monoisotopic (exact) mass is 288 g/mol. The largest absolute Gasteiger partial charge is 0.434 e. The van der Waals surface area contributed by atoms with Crippen LogP contribution in [0.4, 0.5) is 11.6 Å². The number of aromatic nitrogens is 2. The maximum absolute atomic E-state index is 10.9. The van der Waals surface area contributed by atoms with Gasteiger partial charge in [-0.1, -0.05) is 19.9 Å². The lowest BCUT2D eigenvalue weighted by molar-refractivity contribution is -0.386. The first-order valence-corrected chi connectivity index (χ1v) is 6.43. The Hall–Kier alpha value is -2.70. The summed E-state index contributed by atoms with van der Waals surface area (Å²) in [5.41, 5.74) is 7.37. The van der Waals surface area contributed by atoms with Gasteiger partial charge in [-0.05, 0) is 36.1 Å². The molecule has 1 heterocycles. The zero-order chi connectivity index (χ0) is 15.6. The molecule has 0 spiro atoms. The van der Waals surface area contributed by atoms with Crippen molar-refractivity contribution >= 4 is 11.6 Å². The number of nitrogens with two attached hydrogens (primary N) is 1. The minimum absolute atomic E-state index is 0.0777. The van der Waals surface area contributed by atoms with Crippen LogP contribution < -0.4 is 10.5 Å². The van der Waals surface area contributed by atoms with Crippen molar-refractivity contribution in [2.45, 2.75) is 26.7 Å². The smallest absolute Gasteiger partial charge is 0.349 e. The first kappa shape index (κ1) is 14.7. The molecule has 7 nitrogen and oxygen atoms in total. The Morgan fingerprint density at radius 1 is 1.38 bits per heavy atom. The van der Waals surface area contributed by atoms with Gasteiger partial charge in [0.25, 0.3) is 0 Å². The van der Waals surface area contributed by atoms with E-state index in [1.807, 2.05) is 19.1 Å². The van der Waals surface area contributed by atoms with Crippen LogP contribution in [0.25, 0.3) is 0 Å². The molecular weight excluding hydrogens is 272 g/mol. The van der Waals surface area contributed by atoms with E-state index in [2.05, 4.69) is 23.8 Å². The van der Waals surface area contributed by atoms with Crippen molar-refractivity contribution in [3.05, 3.63) is 45.6 Å². The van der Waals surface area contributed by atoms with Gasteiger partial charge in [-0.2, -0.15) is 4.98 Å². The third kappa shape index (κ3) is 3.25. The van der Waals surface area contributed by atoms with Crippen LogP contribution in [0.15, 0.2) is 24.4 Å². The van der Waals surface area contributed by atoms with Gasteiger partial charge in [-0.25, -0.2) is 4.98 Å². The molecule has 0 aliphatic heterocycles. The summed E-state index contributed by atoms with van der Waals surface area (Å²) in [6.07, 6.45) is 1.03. The SMILES string of the molecule is Cc1cc(Oc2nc(N)ncc2[N+](=O)[O-])ccc1C(C)C. The summed E-state index contributed by atoms with van der Waals surface area (Å²) in [7, 11) is 0. The van der Waals surface area contributed by atoms with E-state index in [1.165, 1.54) is 5.56 Å². The molecule has 0 amide bonds. The van der Waals surface area contributed by atoms with Crippen molar-refractivity contribution in [1.82, 2.24) is 9.97 Å². The Bertz CT molecular complexity index is 686. The first-order chi connectivity index (χ1) is 9.88. The molecule has 7 heteroatoms. The lowest BCUT2D eigenvalue weighted by Crippen LogP contribution is -2.01. The van der Waals surface area contributed by atoms with E-state index in [9.17, 15) is 10.1 Å².